The highest BCUT2D eigenvalue weighted by Crippen LogP contribution is 2.26. The number of nitrogens with zero attached hydrogens (tertiary/aromatic N) is 1. The molecule has 0 unspecified atom stereocenters. The zero-order valence-electron chi connectivity index (χ0n) is 12.5. The van der Waals surface area contributed by atoms with E-state index in [9.17, 15) is 13.2 Å². The first-order valence-corrected chi connectivity index (χ1v) is 10.5. The van der Waals surface area contributed by atoms with Crippen LogP contribution in [0.1, 0.15) is 10.5 Å². The summed E-state index contributed by atoms with van der Waals surface area (Å²) in [5.74, 6) is -0.309. The Bertz CT molecular complexity index is 946. The summed E-state index contributed by atoms with van der Waals surface area (Å²) < 4.78 is 24.7. The predicted octanol–water partition coefficient (Wildman–Crippen LogP) is 3.50. The van der Waals surface area contributed by atoms with Gasteiger partial charge in [-0.15, -0.1) is 11.3 Å². The molecule has 6 nitrogen and oxygen atoms in total. The number of thiophene rings is 1. The molecular formula is C15H13N3O3S3. The second-order valence-electron chi connectivity index (χ2n) is 4.96. The fourth-order valence-electron chi connectivity index (χ4n) is 1.93. The van der Waals surface area contributed by atoms with E-state index in [1.165, 1.54) is 11.3 Å². The van der Waals surface area contributed by atoms with Crippen molar-refractivity contribution in [3.05, 3.63) is 52.2 Å². The maximum atomic E-state index is 12.2. The number of carbonyl (C=O) groups excluding carboxylic acids is 1. The highest BCUT2D eigenvalue weighted by molar-refractivity contribution is 7.92. The fourth-order valence-corrected chi connectivity index (χ4v) is 4.00. The van der Waals surface area contributed by atoms with Gasteiger partial charge in [0.15, 0.2) is 0 Å². The molecule has 0 fully saturated rings. The number of nitrogens with one attached hydrogen (secondary N) is 2. The molecule has 3 rings (SSSR count). The van der Waals surface area contributed by atoms with Crippen LogP contribution < -0.4 is 10.0 Å². The maximum absolute atomic E-state index is 12.2. The minimum atomic E-state index is -3.32. The molecule has 1 aromatic carbocycles. The van der Waals surface area contributed by atoms with Gasteiger partial charge in [0.25, 0.3) is 5.91 Å². The number of aromatic nitrogens is 1. The van der Waals surface area contributed by atoms with E-state index in [0.717, 1.165) is 16.8 Å². The number of anilines is 2. The van der Waals surface area contributed by atoms with Crippen LogP contribution >= 0.6 is 22.7 Å². The van der Waals surface area contributed by atoms with Crippen LogP contribution in [0.15, 0.2) is 46.5 Å². The van der Waals surface area contributed by atoms with Crippen molar-refractivity contribution in [1.29, 1.82) is 0 Å². The van der Waals surface area contributed by atoms with Crippen LogP contribution in [0, 0.1) is 0 Å². The topological polar surface area (TPSA) is 88.2 Å². The lowest BCUT2D eigenvalue weighted by Gasteiger charge is -2.06. The fraction of sp³-hybridized carbons (Fsp3) is 0.0667. The summed E-state index contributed by atoms with van der Waals surface area (Å²) in [6.07, 6.45) is 1.08. The molecule has 0 spiro atoms. The van der Waals surface area contributed by atoms with Crippen molar-refractivity contribution in [3.63, 3.8) is 0 Å². The Balaban J connectivity index is 1.69. The second kappa shape index (κ2) is 6.71. The van der Waals surface area contributed by atoms with E-state index >= 15 is 0 Å². The van der Waals surface area contributed by atoms with E-state index in [4.69, 9.17) is 0 Å². The Hall–Kier alpha value is -2.23. The third kappa shape index (κ3) is 4.19. The molecular weight excluding hydrogens is 366 g/mol. The molecule has 0 aliphatic carbocycles. The van der Waals surface area contributed by atoms with E-state index in [-0.39, 0.29) is 5.91 Å². The predicted molar refractivity (Wildman–Crippen MR) is 98.3 cm³/mol. The summed E-state index contributed by atoms with van der Waals surface area (Å²) in [6, 6.07) is 8.36. The molecule has 9 heteroatoms. The minimum absolute atomic E-state index is 0.309. The van der Waals surface area contributed by atoms with Gasteiger partial charge in [-0.05, 0) is 35.7 Å². The zero-order valence-corrected chi connectivity index (χ0v) is 15.0. The Morgan fingerprint density at radius 3 is 2.42 bits per heavy atom. The van der Waals surface area contributed by atoms with E-state index in [1.54, 1.807) is 41.0 Å². The molecule has 0 aliphatic heterocycles. The van der Waals surface area contributed by atoms with Crippen molar-refractivity contribution >= 4 is 50.0 Å². The van der Waals surface area contributed by atoms with E-state index in [2.05, 4.69) is 15.0 Å². The molecule has 0 atom stereocenters. The lowest BCUT2D eigenvalue weighted by atomic mass is 10.3. The molecule has 2 heterocycles. The van der Waals surface area contributed by atoms with Crippen molar-refractivity contribution < 1.29 is 13.2 Å². The molecule has 0 bridgehead atoms. The quantitative estimate of drug-likeness (QED) is 0.710. The van der Waals surface area contributed by atoms with Crippen molar-refractivity contribution in [2.24, 2.45) is 0 Å². The third-order valence-electron chi connectivity index (χ3n) is 2.95. The number of hydrogen-bond donors (Lipinski definition) is 2. The highest BCUT2D eigenvalue weighted by Gasteiger charge is 2.12. The molecule has 0 saturated heterocycles. The number of benzene rings is 1. The molecule has 1 amide bonds. The van der Waals surface area contributed by atoms with Gasteiger partial charge in [-0.2, -0.15) is 11.3 Å². The number of carbonyl (C=O) groups is 1. The lowest BCUT2D eigenvalue weighted by Crippen LogP contribution is -2.13. The van der Waals surface area contributed by atoms with Crippen molar-refractivity contribution in [1.82, 2.24) is 4.98 Å². The summed E-state index contributed by atoms with van der Waals surface area (Å²) in [7, 11) is -3.32. The summed E-state index contributed by atoms with van der Waals surface area (Å²) in [5, 5.41) is 9.19. The first-order chi connectivity index (χ1) is 11.4. The van der Waals surface area contributed by atoms with Gasteiger partial charge in [0.05, 0.1) is 6.26 Å². The molecule has 2 aromatic heterocycles. The first kappa shape index (κ1) is 16.6. The molecule has 0 aliphatic rings. The van der Waals surface area contributed by atoms with Crippen LogP contribution in [0.25, 0.3) is 10.6 Å². The van der Waals surface area contributed by atoms with Gasteiger partial charge in [0.2, 0.25) is 10.0 Å². The number of amides is 1. The minimum Gasteiger partial charge on any atom is -0.321 e. The third-order valence-corrected chi connectivity index (χ3v) is 5.13. The van der Waals surface area contributed by atoms with E-state index < -0.39 is 10.0 Å². The van der Waals surface area contributed by atoms with Gasteiger partial charge in [0, 0.05) is 27.7 Å². The SMILES string of the molecule is CS(=O)(=O)Nc1ccc(NC(=O)c2csc(-c3ccsc3)n2)cc1. The lowest BCUT2D eigenvalue weighted by molar-refractivity contribution is 0.102. The normalized spacial score (nSPS) is 11.2. The molecule has 24 heavy (non-hydrogen) atoms. The van der Waals surface area contributed by atoms with Crippen LogP contribution in [0.5, 0.6) is 0 Å². The van der Waals surface area contributed by atoms with Crippen LogP contribution in [0.2, 0.25) is 0 Å². The Morgan fingerprint density at radius 2 is 1.79 bits per heavy atom. The van der Waals surface area contributed by atoms with Gasteiger partial charge in [0.1, 0.15) is 10.7 Å². The van der Waals surface area contributed by atoms with Crippen molar-refractivity contribution in [3.8, 4) is 10.6 Å². The number of thiazole rings is 1. The Kier molecular flexibility index (Phi) is 4.65. The molecule has 3 aromatic rings. The number of sulfonamides is 1. The molecule has 0 saturated carbocycles. The molecule has 0 radical (unpaired) electrons. The van der Waals surface area contributed by atoms with Crippen molar-refractivity contribution in [2.45, 2.75) is 0 Å². The number of hydrogen-bond acceptors (Lipinski definition) is 6. The largest absolute Gasteiger partial charge is 0.321 e. The zero-order chi connectivity index (χ0) is 17.2. The average molecular weight is 379 g/mol. The highest BCUT2D eigenvalue weighted by atomic mass is 32.2. The van der Waals surface area contributed by atoms with Crippen LogP contribution in [-0.4, -0.2) is 25.6 Å². The van der Waals surface area contributed by atoms with E-state index in [1.807, 2.05) is 16.8 Å². The Morgan fingerprint density at radius 1 is 1.08 bits per heavy atom. The average Bonchev–Trinajstić information content (AvgIpc) is 3.18. The molecule has 124 valence electrons. The van der Waals surface area contributed by atoms with Crippen LogP contribution in [0.4, 0.5) is 11.4 Å². The van der Waals surface area contributed by atoms with Gasteiger partial charge in [-0.3, -0.25) is 9.52 Å². The van der Waals surface area contributed by atoms with Crippen LogP contribution in [0.3, 0.4) is 0 Å². The van der Waals surface area contributed by atoms with Gasteiger partial charge in [-0.25, -0.2) is 13.4 Å². The standard InChI is InChI=1S/C15H13N3O3S3/c1-24(20,21)18-12-4-2-11(3-5-12)16-14(19)13-9-23-15(17-13)10-6-7-22-8-10/h2-9,18H,1H3,(H,16,19). The number of rotatable bonds is 5. The maximum Gasteiger partial charge on any atom is 0.275 e. The summed E-state index contributed by atoms with van der Waals surface area (Å²) in [4.78, 5) is 16.6. The van der Waals surface area contributed by atoms with Crippen LogP contribution in [-0.2, 0) is 10.0 Å². The monoisotopic (exact) mass is 379 g/mol. The molecule has 2 N–H and O–H groups in total. The van der Waals surface area contributed by atoms with Gasteiger partial charge >= 0.3 is 0 Å². The first-order valence-electron chi connectivity index (χ1n) is 6.78. The van der Waals surface area contributed by atoms with Gasteiger partial charge in [-0.1, -0.05) is 0 Å². The van der Waals surface area contributed by atoms with E-state index in [0.29, 0.717) is 17.1 Å². The second-order valence-corrected chi connectivity index (χ2v) is 8.34. The summed E-state index contributed by atoms with van der Waals surface area (Å²) in [5.41, 5.74) is 2.34. The van der Waals surface area contributed by atoms with Crippen molar-refractivity contribution in [2.75, 3.05) is 16.3 Å². The smallest absolute Gasteiger partial charge is 0.275 e. The van der Waals surface area contributed by atoms with Gasteiger partial charge < -0.3 is 5.32 Å². The summed E-state index contributed by atoms with van der Waals surface area (Å²) in [6.45, 7) is 0. The summed E-state index contributed by atoms with van der Waals surface area (Å²) >= 11 is 2.99. The Labute approximate surface area is 147 Å².